The number of ether oxygens (including phenoxy) is 1. The summed E-state index contributed by atoms with van der Waals surface area (Å²) in [7, 11) is 4.01. The Labute approximate surface area is 167 Å². The number of nitrogens with one attached hydrogen (secondary N) is 2. The molecule has 0 unspecified atom stereocenters. The summed E-state index contributed by atoms with van der Waals surface area (Å²) in [5.74, 6) is 0.354. The molecule has 1 aromatic carbocycles. The maximum Gasteiger partial charge on any atom is 0.338 e. The summed E-state index contributed by atoms with van der Waals surface area (Å²) in [4.78, 5) is 15.1. The molecule has 2 aliphatic rings. The summed E-state index contributed by atoms with van der Waals surface area (Å²) in [6.45, 7) is 4.11. The van der Waals surface area contributed by atoms with Crippen LogP contribution in [0.1, 0.15) is 51.1 Å². The van der Waals surface area contributed by atoms with Crippen LogP contribution in [0.5, 0.6) is 0 Å². The quantitative estimate of drug-likeness (QED) is 0.607. The largest absolute Gasteiger partial charge is 0.459 e. The molecule has 27 heavy (non-hydrogen) atoms. The maximum atomic E-state index is 13.0. The molecule has 0 aromatic heterocycles. The number of esters is 1. The Morgan fingerprint density at radius 3 is 2.56 bits per heavy atom. The Morgan fingerprint density at radius 2 is 1.93 bits per heavy atom. The first-order chi connectivity index (χ1) is 12.8. The summed E-state index contributed by atoms with van der Waals surface area (Å²) >= 11 is 5.33. The van der Waals surface area contributed by atoms with Crippen molar-refractivity contribution in [2.75, 3.05) is 19.0 Å². The molecule has 3 atom stereocenters. The molecular formula is C21H29N3O2S. The van der Waals surface area contributed by atoms with Crippen LogP contribution in [0, 0.1) is 5.92 Å². The number of anilines is 1. The number of carbonyl (C=O) groups excluding carboxylic acids is 1. The fourth-order valence-corrected chi connectivity index (χ4v) is 4.15. The van der Waals surface area contributed by atoms with E-state index >= 15 is 0 Å². The SMILES string of the molecule is CC1=C(C(=O)O[C@@H]2CCC[C@H](C)C2)[C@H](c2ccc(N(C)C)cc2)NC(=S)N1. The number of hydrogen-bond acceptors (Lipinski definition) is 4. The molecule has 1 aliphatic carbocycles. The third-order valence-electron chi connectivity index (χ3n) is 5.39. The minimum absolute atomic E-state index is 0.00666. The summed E-state index contributed by atoms with van der Waals surface area (Å²) in [5, 5.41) is 6.84. The van der Waals surface area contributed by atoms with E-state index in [9.17, 15) is 4.79 Å². The van der Waals surface area contributed by atoms with E-state index in [1.54, 1.807) is 0 Å². The molecule has 6 heteroatoms. The summed E-state index contributed by atoms with van der Waals surface area (Å²) < 4.78 is 5.89. The van der Waals surface area contributed by atoms with Gasteiger partial charge in [-0.2, -0.15) is 0 Å². The van der Waals surface area contributed by atoms with Gasteiger partial charge in [-0.15, -0.1) is 0 Å². The molecule has 0 spiro atoms. The molecule has 3 rings (SSSR count). The second-order valence-corrected chi connectivity index (χ2v) is 8.26. The first-order valence-corrected chi connectivity index (χ1v) is 10.0. The van der Waals surface area contributed by atoms with Gasteiger partial charge in [0.15, 0.2) is 5.11 Å². The monoisotopic (exact) mass is 387 g/mol. The summed E-state index contributed by atoms with van der Waals surface area (Å²) in [6, 6.07) is 7.85. The highest BCUT2D eigenvalue weighted by atomic mass is 32.1. The lowest BCUT2D eigenvalue weighted by Gasteiger charge is -2.32. The number of thiocarbonyl (C=S) groups is 1. The van der Waals surface area contributed by atoms with E-state index in [1.807, 2.05) is 50.2 Å². The van der Waals surface area contributed by atoms with E-state index in [0.717, 1.165) is 36.2 Å². The van der Waals surface area contributed by atoms with Gasteiger partial charge in [0, 0.05) is 25.5 Å². The Balaban J connectivity index is 1.84. The Bertz CT molecular complexity index is 742. The first-order valence-electron chi connectivity index (χ1n) is 9.61. The fourth-order valence-electron chi connectivity index (χ4n) is 3.88. The van der Waals surface area contributed by atoms with Crippen LogP contribution < -0.4 is 15.5 Å². The number of allylic oxidation sites excluding steroid dienone is 1. The van der Waals surface area contributed by atoms with E-state index in [4.69, 9.17) is 17.0 Å². The Kier molecular flexibility index (Phi) is 6.05. The highest BCUT2D eigenvalue weighted by molar-refractivity contribution is 7.80. The van der Waals surface area contributed by atoms with Crippen molar-refractivity contribution in [1.29, 1.82) is 0 Å². The van der Waals surface area contributed by atoms with Crippen molar-refractivity contribution in [3.63, 3.8) is 0 Å². The number of carbonyl (C=O) groups is 1. The third kappa shape index (κ3) is 4.61. The average molecular weight is 388 g/mol. The van der Waals surface area contributed by atoms with Gasteiger partial charge >= 0.3 is 5.97 Å². The number of rotatable bonds is 4. The van der Waals surface area contributed by atoms with Gasteiger partial charge < -0.3 is 20.3 Å². The highest BCUT2D eigenvalue weighted by Gasteiger charge is 2.33. The van der Waals surface area contributed by atoms with Gasteiger partial charge in [0.25, 0.3) is 0 Å². The number of benzene rings is 1. The second-order valence-electron chi connectivity index (χ2n) is 7.86. The first kappa shape index (κ1) is 19.7. The van der Waals surface area contributed by atoms with Crippen LogP contribution in [0.15, 0.2) is 35.5 Å². The van der Waals surface area contributed by atoms with Crippen LogP contribution in [-0.4, -0.2) is 31.3 Å². The van der Waals surface area contributed by atoms with Gasteiger partial charge in [-0.1, -0.05) is 25.5 Å². The fraction of sp³-hybridized carbons (Fsp3) is 0.524. The Morgan fingerprint density at radius 1 is 1.22 bits per heavy atom. The molecule has 2 N–H and O–H groups in total. The van der Waals surface area contributed by atoms with Crippen molar-refractivity contribution in [1.82, 2.24) is 10.6 Å². The van der Waals surface area contributed by atoms with Gasteiger partial charge in [0.2, 0.25) is 0 Å². The zero-order valence-corrected chi connectivity index (χ0v) is 17.4. The number of nitrogens with zero attached hydrogens (tertiary/aromatic N) is 1. The minimum atomic E-state index is -0.302. The van der Waals surface area contributed by atoms with Crippen molar-refractivity contribution in [2.24, 2.45) is 5.92 Å². The topological polar surface area (TPSA) is 53.6 Å². The summed E-state index contributed by atoms with van der Waals surface area (Å²) in [6.07, 6.45) is 4.23. The van der Waals surface area contributed by atoms with Crippen molar-refractivity contribution < 1.29 is 9.53 Å². The maximum absolute atomic E-state index is 13.0. The van der Waals surface area contributed by atoms with Crippen molar-refractivity contribution in [2.45, 2.75) is 51.7 Å². The molecule has 0 saturated heterocycles. The van der Waals surface area contributed by atoms with Gasteiger partial charge in [-0.05, 0) is 62.0 Å². The molecule has 0 amide bonds. The van der Waals surface area contributed by atoms with Crippen molar-refractivity contribution in [3.8, 4) is 0 Å². The van der Waals surface area contributed by atoms with Crippen molar-refractivity contribution in [3.05, 3.63) is 41.1 Å². The van der Waals surface area contributed by atoms with Crippen LogP contribution in [0.4, 0.5) is 5.69 Å². The molecular weight excluding hydrogens is 358 g/mol. The van der Waals surface area contributed by atoms with Crippen LogP contribution in [0.3, 0.4) is 0 Å². The van der Waals surface area contributed by atoms with E-state index in [1.165, 1.54) is 6.42 Å². The van der Waals surface area contributed by atoms with Crippen LogP contribution in [0.2, 0.25) is 0 Å². The zero-order valence-electron chi connectivity index (χ0n) is 16.5. The van der Waals surface area contributed by atoms with Gasteiger partial charge in [0.1, 0.15) is 6.10 Å². The highest BCUT2D eigenvalue weighted by Crippen LogP contribution is 2.31. The predicted octanol–water partition coefficient (Wildman–Crippen LogP) is 3.67. The van der Waals surface area contributed by atoms with Crippen LogP contribution in [0.25, 0.3) is 0 Å². The smallest absolute Gasteiger partial charge is 0.338 e. The zero-order chi connectivity index (χ0) is 19.6. The van der Waals surface area contributed by atoms with E-state index in [-0.39, 0.29) is 18.1 Å². The molecule has 5 nitrogen and oxygen atoms in total. The standard InChI is InChI=1S/C21H29N3O2S/c1-13-6-5-7-17(12-13)26-20(25)18-14(2)22-21(27)23-19(18)15-8-10-16(11-9-15)24(3)4/h8-11,13,17,19H,5-7,12H2,1-4H3,(H2,22,23,27)/t13-,17+,19-/m0/s1. The lowest BCUT2D eigenvalue weighted by molar-refractivity contribution is -0.146. The Hall–Kier alpha value is -2.08. The molecule has 146 valence electrons. The second kappa shape index (κ2) is 8.30. The van der Waals surface area contributed by atoms with Crippen LogP contribution in [-0.2, 0) is 9.53 Å². The van der Waals surface area contributed by atoms with E-state index in [0.29, 0.717) is 16.6 Å². The molecule has 0 bridgehead atoms. The van der Waals surface area contributed by atoms with E-state index in [2.05, 4.69) is 17.6 Å². The molecule has 1 aliphatic heterocycles. The van der Waals surface area contributed by atoms with Crippen LogP contribution >= 0.6 is 12.2 Å². The van der Waals surface area contributed by atoms with Gasteiger partial charge in [0.05, 0.1) is 11.6 Å². The van der Waals surface area contributed by atoms with E-state index < -0.39 is 0 Å². The van der Waals surface area contributed by atoms with Crippen molar-refractivity contribution >= 4 is 29.0 Å². The molecule has 1 saturated carbocycles. The summed E-state index contributed by atoms with van der Waals surface area (Å²) in [5.41, 5.74) is 3.47. The molecule has 1 aromatic rings. The average Bonchev–Trinajstić information content (AvgIpc) is 2.61. The molecule has 0 radical (unpaired) electrons. The third-order valence-corrected chi connectivity index (χ3v) is 5.61. The predicted molar refractivity (Wildman–Crippen MR) is 113 cm³/mol. The number of hydrogen-bond donors (Lipinski definition) is 2. The normalized spacial score (nSPS) is 25.5. The lowest BCUT2D eigenvalue weighted by Crippen LogP contribution is -2.45. The minimum Gasteiger partial charge on any atom is -0.459 e. The van der Waals surface area contributed by atoms with Gasteiger partial charge in [-0.3, -0.25) is 0 Å². The molecule has 1 fully saturated rings. The van der Waals surface area contributed by atoms with Gasteiger partial charge in [-0.25, -0.2) is 4.79 Å². The molecule has 1 heterocycles. The lowest BCUT2D eigenvalue weighted by atomic mass is 9.88.